The standard InChI is InChI=1S/C18H31N3/c1-18(2,3)15-8-6-14(7-9-15)17(19)12-16-13-20(4)10-11-21(16)5/h6-9,16-17H,10-13,19H2,1-5H3. The molecule has 0 amide bonds. The lowest BCUT2D eigenvalue weighted by Crippen LogP contribution is -2.50. The molecule has 1 heterocycles. The number of nitrogens with zero attached hydrogens (tertiary/aromatic N) is 2. The lowest BCUT2D eigenvalue weighted by atomic mass is 9.86. The minimum Gasteiger partial charge on any atom is -0.324 e. The third-order valence-corrected chi connectivity index (χ3v) is 4.71. The molecular weight excluding hydrogens is 258 g/mol. The van der Waals surface area contributed by atoms with Crippen LogP contribution >= 0.6 is 0 Å². The van der Waals surface area contributed by atoms with Gasteiger partial charge in [-0.25, -0.2) is 0 Å². The van der Waals surface area contributed by atoms with Crippen LogP contribution in [0.1, 0.15) is 44.4 Å². The quantitative estimate of drug-likeness (QED) is 0.928. The van der Waals surface area contributed by atoms with Crippen molar-refractivity contribution in [3.05, 3.63) is 35.4 Å². The van der Waals surface area contributed by atoms with Crippen molar-refractivity contribution in [3.8, 4) is 0 Å². The monoisotopic (exact) mass is 289 g/mol. The van der Waals surface area contributed by atoms with Crippen LogP contribution < -0.4 is 5.73 Å². The highest BCUT2D eigenvalue weighted by Crippen LogP contribution is 2.25. The molecule has 2 N–H and O–H groups in total. The summed E-state index contributed by atoms with van der Waals surface area (Å²) in [6.07, 6.45) is 1.02. The first-order chi connectivity index (χ1) is 9.77. The Bertz CT molecular complexity index is 447. The van der Waals surface area contributed by atoms with E-state index in [2.05, 4.69) is 68.9 Å². The number of benzene rings is 1. The highest BCUT2D eigenvalue weighted by Gasteiger charge is 2.24. The molecule has 0 radical (unpaired) electrons. The number of piperazine rings is 1. The Morgan fingerprint density at radius 2 is 1.76 bits per heavy atom. The van der Waals surface area contributed by atoms with Gasteiger partial charge in [0.2, 0.25) is 0 Å². The van der Waals surface area contributed by atoms with Crippen molar-refractivity contribution >= 4 is 0 Å². The van der Waals surface area contributed by atoms with Gasteiger partial charge in [0.25, 0.3) is 0 Å². The maximum atomic E-state index is 6.45. The topological polar surface area (TPSA) is 32.5 Å². The second-order valence-corrected chi connectivity index (χ2v) is 7.61. The van der Waals surface area contributed by atoms with E-state index < -0.39 is 0 Å². The maximum absolute atomic E-state index is 6.45. The predicted octanol–water partition coefficient (Wildman–Crippen LogP) is 2.62. The Labute approximate surface area is 130 Å². The van der Waals surface area contributed by atoms with Gasteiger partial charge in [-0.1, -0.05) is 45.0 Å². The van der Waals surface area contributed by atoms with E-state index in [1.165, 1.54) is 11.1 Å². The van der Waals surface area contributed by atoms with Crippen LogP contribution in [0.15, 0.2) is 24.3 Å². The minimum absolute atomic E-state index is 0.123. The number of likely N-dealkylation sites (N-methyl/N-ethyl adjacent to an activating group) is 2. The van der Waals surface area contributed by atoms with Crippen LogP contribution in [0.2, 0.25) is 0 Å². The summed E-state index contributed by atoms with van der Waals surface area (Å²) in [5.74, 6) is 0. The Hall–Kier alpha value is -0.900. The van der Waals surface area contributed by atoms with Crippen LogP contribution in [-0.2, 0) is 5.41 Å². The molecule has 1 aromatic carbocycles. The summed E-state index contributed by atoms with van der Waals surface area (Å²) < 4.78 is 0. The molecule has 0 spiro atoms. The van der Waals surface area contributed by atoms with Gasteiger partial charge in [-0.05, 0) is 37.1 Å². The first-order valence-corrected chi connectivity index (χ1v) is 8.02. The summed E-state index contributed by atoms with van der Waals surface area (Å²) in [4.78, 5) is 4.85. The first kappa shape index (κ1) is 16.5. The van der Waals surface area contributed by atoms with Crippen molar-refractivity contribution in [2.45, 2.75) is 44.7 Å². The molecule has 3 nitrogen and oxygen atoms in total. The van der Waals surface area contributed by atoms with E-state index in [0.29, 0.717) is 6.04 Å². The maximum Gasteiger partial charge on any atom is 0.0310 e. The summed E-state index contributed by atoms with van der Waals surface area (Å²) in [6.45, 7) is 10.1. The number of rotatable bonds is 3. The Morgan fingerprint density at radius 3 is 2.33 bits per heavy atom. The molecule has 0 saturated carbocycles. The predicted molar refractivity (Wildman–Crippen MR) is 90.6 cm³/mol. The van der Waals surface area contributed by atoms with Crippen LogP contribution in [0.25, 0.3) is 0 Å². The van der Waals surface area contributed by atoms with E-state index in [9.17, 15) is 0 Å². The second-order valence-electron chi connectivity index (χ2n) is 7.61. The normalized spacial score (nSPS) is 23.2. The number of hydrogen-bond acceptors (Lipinski definition) is 3. The molecule has 0 aliphatic carbocycles. The van der Waals surface area contributed by atoms with Gasteiger partial charge in [-0.3, -0.25) is 0 Å². The van der Waals surface area contributed by atoms with E-state index in [1.54, 1.807) is 0 Å². The number of nitrogens with two attached hydrogens (primary N) is 1. The minimum atomic E-state index is 0.123. The largest absolute Gasteiger partial charge is 0.324 e. The summed E-state index contributed by atoms with van der Waals surface area (Å²) in [7, 11) is 4.41. The fourth-order valence-electron chi connectivity index (χ4n) is 3.02. The molecule has 0 bridgehead atoms. The molecular formula is C18H31N3. The highest BCUT2D eigenvalue weighted by molar-refractivity contribution is 5.29. The average Bonchev–Trinajstić information content (AvgIpc) is 2.42. The SMILES string of the molecule is CN1CCN(C)C(CC(N)c2ccc(C(C)(C)C)cc2)C1. The molecule has 21 heavy (non-hydrogen) atoms. The van der Waals surface area contributed by atoms with Gasteiger partial charge in [-0.15, -0.1) is 0 Å². The van der Waals surface area contributed by atoms with Gasteiger partial charge in [0.1, 0.15) is 0 Å². The molecule has 1 aliphatic heterocycles. The number of hydrogen-bond donors (Lipinski definition) is 1. The van der Waals surface area contributed by atoms with Crippen molar-refractivity contribution in [1.82, 2.24) is 9.80 Å². The zero-order valence-electron chi connectivity index (χ0n) is 14.3. The molecule has 1 saturated heterocycles. The van der Waals surface area contributed by atoms with Crippen LogP contribution in [0.5, 0.6) is 0 Å². The Balaban J connectivity index is 2.01. The first-order valence-electron chi connectivity index (χ1n) is 8.02. The summed E-state index contributed by atoms with van der Waals surface area (Å²) >= 11 is 0. The molecule has 2 atom stereocenters. The van der Waals surface area contributed by atoms with E-state index in [-0.39, 0.29) is 11.5 Å². The van der Waals surface area contributed by atoms with Gasteiger partial charge in [-0.2, -0.15) is 0 Å². The van der Waals surface area contributed by atoms with Crippen LogP contribution in [-0.4, -0.2) is 49.6 Å². The summed E-state index contributed by atoms with van der Waals surface area (Å²) in [5.41, 5.74) is 9.27. The van der Waals surface area contributed by atoms with Gasteiger partial charge >= 0.3 is 0 Å². The van der Waals surface area contributed by atoms with E-state index in [0.717, 1.165) is 26.1 Å². The zero-order chi connectivity index (χ0) is 15.6. The smallest absolute Gasteiger partial charge is 0.0310 e. The van der Waals surface area contributed by atoms with Crippen LogP contribution in [0, 0.1) is 0 Å². The lowest BCUT2D eigenvalue weighted by Gasteiger charge is -2.39. The Morgan fingerprint density at radius 1 is 1.14 bits per heavy atom. The lowest BCUT2D eigenvalue weighted by molar-refractivity contribution is 0.104. The van der Waals surface area contributed by atoms with E-state index in [1.807, 2.05) is 0 Å². The fourth-order valence-corrected chi connectivity index (χ4v) is 3.02. The van der Waals surface area contributed by atoms with Crippen molar-refractivity contribution in [2.24, 2.45) is 5.73 Å². The van der Waals surface area contributed by atoms with E-state index in [4.69, 9.17) is 5.73 Å². The van der Waals surface area contributed by atoms with Crippen molar-refractivity contribution in [3.63, 3.8) is 0 Å². The average molecular weight is 289 g/mol. The Kier molecular flexibility index (Phi) is 5.07. The van der Waals surface area contributed by atoms with Gasteiger partial charge in [0.05, 0.1) is 0 Å². The molecule has 3 heteroatoms. The van der Waals surface area contributed by atoms with Gasteiger partial charge in [0, 0.05) is 31.7 Å². The highest BCUT2D eigenvalue weighted by atomic mass is 15.3. The summed E-state index contributed by atoms with van der Waals surface area (Å²) in [6, 6.07) is 9.55. The third-order valence-electron chi connectivity index (χ3n) is 4.71. The van der Waals surface area contributed by atoms with Gasteiger partial charge < -0.3 is 15.5 Å². The van der Waals surface area contributed by atoms with Crippen molar-refractivity contribution in [2.75, 3.05) is 33.7 Å². The van der Waals surface area contributed by atoms with Crippen LogP contribution in [0.4, 0.5) is 0 Å². The zero-order valence-corrected chi connectivity index (χ0v) is 14.3. The second kappa shape index (κ2) is 6.47. The molecule has 2 rings (SSSR count). The fraction of sp³-hybridized carbons (Fsp3) is 0.667. The third kappa shape index (κ3) is 4.29. The molecule has 2 unspecified atom stereocenters. The molecule has 1 aliphatic rings. The van der Waals surface area contributed by atoms with Crippen molar-refractivity contribution in [1.29, 1.82) is 0 Å². The van der Waals surface area contributed by atoms with E-state index >= 15 is 0 Å². The van der Waals surface area contributed by atoms with Gasteiger partial charge in [0.15, 0.2) is 0 Å². The molecule has 118 valence electrons. The molecule has 0 aromatic heterocycles. The van der Waals surface area contributed by atoms with Crippen LogP contribution in [0.3, 0.4) is 0 Å². The molecule has 1 aromatic rings. The van der Waals surface area contributed by atoms with Crippen molar-refractivity contribution < 1.29 is 0 Å². The molecule has 1 fully saturated rings. The summed E-state index contributed by atoms with van der Waals surface area (Å²) in [5, 5.41) is 0.